The molecule has 0 spiro atoms. The molecule has 0 atom stereocenters. The summed E-state index contributed by atoms with van der Waals surface area (Å²) in [5, 5.41) is 13.4. The van der Waals surface area contributed by atoms with E-state index < -0.39 is 4.92 Å². The lowest BCUT2D eigenvalue weighted by molar-refractivity contribution is -0.384. The lowest BCUT2D eigenvalue weighted by atomic mass is 10.2. The number of nitrogens with one attached hydrogen (secondary N) is 1. The molecular weight excluding hydrogens is 359 g/mol. The minimum Gasteiger partial charge on any atom is -0.322 e. The molecule has 0 radical (unpaired) electrons. The standard InChI is InChI=1S/C13H9IN2O3/c14-12-8-10(16(18)19)6-7-11(12)13(17)15-9-4-2-1-3-5-9/h1-8H,(H,15,17). The van der Waals surface area contributed by atoms with Gasteiger partial charge in [-0.25, -0.2) is 0 Å². The molecule has 0 aliphatic rings. The highest BCUT2D eigenvalue weighted by molar-refractivity contribution is 14.1. The Labute approximate surface area is 122 Å². The summed E-state index contributed by atoms with van der Waals surface area (Å²) in [7, 11) is 0. The van der Waals surface area contributed by atoms with Crippen molar-refractivity contribution in [3.05, 3.63) is 67.8 Å². The predicted octanol–water partition coefficient (Wildman–Crippen LogP) is 3.45. The molecule has 0 fully saturated rings. The number of benzene rings is 2. The largest absolute Gasteiger partial charge is 0.322 e. The molecule has 0 saturated heterocycles. The first-order valence-electron chi connectivity index (χ1n) is 5.38. The van der Waals surface area contributed by atoms with Gasteiger partial charge in [-0.05, 0) is 40.8 Å². The van der Waals surface area contributed by atoms with Crippen LogP contribution in [-0.2, 0) is 0 Å². The van der Waals surface area contributed by atoms with Crippen molar-refractivity contribution in [3.63, 3.8) is 0 Å². The van der Waals surface area contributed by atoms with Crippen molar-refractivity contribution in [2.75, 3.05) is 5.32 Å². The minimum absolute atomic E-state index is 0.0272. The molecule has 0 aliphatic heterocycles. The highest BCUT2D eigenvalue weighted by Gasteiger charge is 2.14. The van der Waals surface area contributed by atoms with Crippen LogP contribution in [0.25, 0.3) is 0 Å². The topological polar surface area (TPSA) is 72.2 Å². The number of hydrogen-bond acceptors (Lipinski definition) is 3. The van der Waals surface area contributed by atoms with E-state index in [-0.39, 0.29) is 11.6 Å². The Balaban J connectivity index is 2.22. The lowest BCUT2D eigenvalue weighted by Gasteiger charge is -2.06. The third kappa shape index (κ3) is 3.28. The number of halogens is 1. The van der Waals surface area contributed by atoms with E-state index in [0.717, 1.165) is 0 Å². The Kier molecular flexibility index (Phi) is 4.10. The molecule has 1 N–H and O–H groups in total. The maximum absolute atomic E-state index is 12.0. The van der Waals surface area contributed by atoms with E-state index in [0.29, 0.717) is 14.8 Å². The lowest BCUT2D eigenvalue weighted by Crippen LogP contribution is -2.13. The van der Waals surface area contributed by atoms with E-state index >= 15 is 0 Å². The van der Waals surface area contributed by atoms with Crippen molar-refractivity contribution >= 4 is 39.9 Å². The molecule has 1 amide bonds. The number of para-hydroxylation sites is 1. The average molecular weight is 368 g/mol. The van der Waals surface area contributed by atoms with Crippen LogP contribution < -0.4 is 5.32 Å². The second-order valence-corrected chi connectivity index (χ2v) is 4.90. The number of nitro groups is 1. The van der Waals surface area contributed by atoms with Gasteiger partial charge in [0.2, 0.25) is 0 Å². The van der Waals surface area contributed by atoms with Crippen LogP contribution in [0.3, 0.4) is 0 Å². The van der Waals surface area contributed by atoms with Crippen molar-refractivity contribution < 1.29 is 9.72 Å². The van der Waals surface area contributed by atoms with Crippen LogP contribution >= 0.6 is 22.6 Å². The summed E-state index contributed by atoms with van der Waals surface area (Å²) < 4.78 is 0.542. The van der Waals surface area contributed by atoms with Gasteiger partial charge in [0, 0.05) is 21.4 Å². The third-order valence-corrected chi connectivity index (χ3v) is 3.33. The minimum atomic E-state index is -0.485. The van der Waals surface area contributed by atoms with Gasteiger partial charge in [0.05, 0.1) is 10.5 Å². The predicted molar refractivity (Wildman–Crippen MR) is 80.2 cm³/mol. The Morgan fingerprint density at radius 2 is 1.84 bits per heavy atom. The van der Waals surface area contributed by atoms with Crippen molar-refractivity contribution in [2.45, 2.75) is 0 Å². The normalized spacial score (nSPS) is 9.95. The Bertz CT molecular complexity index is 629. The first-order chi connectivity index (χ1) is 9.08. The van der Waals surface area contributed by atoms with E-state index in [1.165, 1.54) is 18.2 Å². The van der Waals surface area contributed by atoms with Crippen LogP contribution in [0.15, 0.2) is 48.5 Å². The van der Waals surface area contributed by atoms with E-state index in [1.807, 2.05) is 40.8 Å². The van der Waals surface area contributed by atoms with Crippen molar-refractivity contribution in [2.24, 2.45) is 0 Å². The zero-order chi connectivity index (χ0) is 13.8. The summed E-state index contributed by atoms with van der Waals surface area (Å²) in [5.74, 6) is -0.287. The highest BCUT2D eigenvalue weighted by atomic mass is 127. The van der Waals surface area contributed by atoms with E-state index in [1.54, 1.807) is 12.1 Å². The van der Waals surface area contributed by atoms with Crippen LogP contribution in [0.4, 0.5) is 11.4 Å². The van der Waals surface area contributed by atoms with Crippen LogP contribution in [0.1, 0.15) is 10.4 Å². The van der Waals surface area contributed by atoms with Gasteiger partial charge in [0.25, 0.3) is 11.6 Å². The van der Waals surface area contributed by atoms with Gasteiger partial charge in [-0.1, -0.05) is 18.2 Å². The second kappa shape index (κ2) is 5.79. The van der Waals surface area contributed by atoms with Gasteiger partial charge >= 0.3 is 0 Å². The van der Waals surface area contributed by atoms with Crippen molar-refractivity contribution in [1.29, 1.82) is 0 Å². The summed E-state index contributed by atoms with van der Waals surface area (Å²) in [6, 6.07) is 13.2. The van der Waals surface area contributed by atoms with Crippen molar-refractivity contribution in [1.82, 2.24) is 0 Å². The molecule has 19 heavy (non-hydrogen) atoms. The monoisotopic (exact) mass is 368 g/mol. The Hall–Kier alpha value is -1.96. The summed E-state index contributed by atoms with van der Waals surface area (Å²) >= 11 is 1.91. The number of non-ortho nitro benzene ring substituents is 1. The zero-order valence-corrected chi connectivity index (χ0v) is 11.8. The average Bonchev–Trinajstić information content (AvgIpc) is 2.39. The molecule has 0 aliphatic carbocycles. The number of rotatable bonds is 3. The fraction of sp³-hybridized carbons (Fsp3) is 0. The summed E-state index contributed by atoms with van der Waals surface area (Å²) in [6.45, 7) is 0. The Morgan fingerprint density at radius 3 is 2.42 bits per heavy atom. The second-order valence-electron chi connectivity index (χ2n) is 3.74. The molecule has 2 rings (SSSR count). The fourth-order valence-corrected chi connectivity index (χ4v) is 2.27. The first-order valence-corrected chi connectivity index (χ1v) is 6.46. The number of amides is 1. The van der Waals surface area contributed by atoms with E-state index in [4.69, 9.17) is 0 Å². The van der Waals surface area contributed by atoms with Gasteiger partial charge in [-0.3, -0.25) is 14.9 Å². The molecule has 0 unspecified atom stereocenters. The summed E-state index contributed by atoms with van der Waals surface area (Å²) in [4.78, 5) is 22.2. The summed E-state index contributed by atoms with van der Waals surface area (Å²) in [6.07, 6.45) is 0. The quantitative estimate of drug-likeness (QED) is 0.513. The van der Waals surface area contributed by atoms with Gasteiger partial charge < -0.3 is 5.32 Å². The van der Waals surface area contributed by atoms with Gasteiger partial charge in [0.1, 0.15) is 0 Å². The molecule has 6 heteroatoms. The van der Waals surface area contributed by atoms with Gasteiger partial charge in [-0.15, -0.1) is 0 Å². The third-order valence-electron chi connectivity index (χ3n) is 2.44. The number of nitrogens with zero attached hydrogens (tertiary/aromatic N) is 1. The maximum atomic E-state index is 12.0. The van der Waals surface area contributed by atoms with E-state index in [9.17, 15) is 14.9 Å². The number of nitro benzene ring substituents is 1. The molecule has 0 aromatic heterocycles. The Morgan fingerprint density at radius 1 is 1.16 bits per heavy atom. The molecule has 2 aromatic rings. The number of carbonyl (C=O) groups excluding carboxylic acids is 1. The number of anilines is 1. The first kappa shape index (κ1) is 13.5. The summed E-state index contributed by atoms with van der Waals surface area (Å²) in [5.41, 5.74) is 1.07. The molecule has 5 nitrogen and oxygen atoms in total. The van der Waals surface area contributed by atoms with Crippen LogP contribution in [0, 0.1) is 13.7 Å². The van der Waals surface area contributed by atoms with Gasteiger partial charge in [0.15, 0.2) is 0 Å². The number of carbonyl (C=O) groups is 1. The van der Waals surface area contributed by atoms with E-state index in [2.05, 4.69) is 5.32 Å². The molecule has 0 bridgehead atoms. The molecule has 0 heterocycles. The SMILES string of the molecule is O=C(Nc1ccccc1)c1ccc([N+](=O)[O-])cc1I. The molecule has 2 aromatic carbocycles. The van der Waals surface area contributed by atoms with Crippen LogP contribution in [0.2, 0.25) is 0 Å². The molecule has 96 valence electrons. The number of hydrogen-bond donors (Lipinski definition) is 1. The van der Waals surface area contributed by atoms with Crippen molar-refractivity contribution in [3.8, 4) is 0 Å². The van der Waals surface area contributed by atoms with Crippen LogP contribution in [-0.4, -0.2) is 10.8 Å². The zero-order valence-electron chi connectivity index (χ0n) is 9.67. The molecule has 0 saturated carbocycles. The fourth-order valence-electron chi connectivity index (χ4n) is 1.52. The highest BCUT2D eigenvalue weighted by Crippen LogP contribution is 2.20. The van der Waals surface area contributed by atoms with Crippen LogP contribution in [0.5, 0.6) is 0 Å². The molecular formula is C13H9IN2O3. The maximum Gasteiger partial charge on any atom is 0.270 e. The van der Waals surface area contributed by atoms with Gasteiger partial charge in [-0.2, -0.15) is 0 Å². The smallest absolute Gasteiger partial charge is 0.270 e.